The van der Waals surface area contributed by atoms with Gasteiger partial charge in [-0.15, -0.1) is 0 Å². The lowest BCUT2D eigenvalue weighted by Crippen LogP contribution is -2.37. The van der Waals surface area contributed by atoms with Crippen LogP contribution < -0.4 is 5.73 Å². The van der Waals surface area contributed by atoms with Crippen molar-refractivity contribution < 1.29 is 0 Å². The first kappa shape index (κ1) is 14.6. The van der Waals surface area contributed by atoms with Gasteiger partial charge in [-0.25, -0.2) is 0 Å². The first-order chi connectivity index (χ1) is 10.3. The molecule has 0 bridgehead atoms. The van der Waals surface area contributed by atoms with E-state index in [1.807, 2.05) is 0 Å². The molecule has 112 valence electrons. The van der Waals surface area contributed by atoms with Crippen LogP contribution in [0.5, 0.6) is 0 Å². The first-order valence-electron chi connectivity index (χ1n) is 8.50. The molecule has 3 rings (SSSR count). The van der Waals surface area contributed by atoms with Crippen molar-refractivity contribution >= 4 is 10.8 Å². The van der Waals surface area contributed by atoms with Gasteiger partial charge in [-0.05, 0) is 53.9 Å². The molecule has 0 heterocycles. The van der Waals surface area contributed by atoms with E-state index in [0.29, 0.717) is 12.0 Å². The molecule has 2 aromatic carbocycles. The summed E-state index contributed by atoms with van der Waals surface area (Å²) in [6.07, 6.45) is 7.68. The number of fused-ring (bicyclic) bond motifs is 1. The van der Waals surface area contributed by atoms with E-state index >= 15 is 0 Å². The van der Waals surface area contributed by atoms with E-state index in [1.165, 1.54) is 48.4 Å². The van der Waals surface area contributed by atoms with Crippen molar-refractivity contribution in [3.63, 3.8) is 0 Å². The van der Waals surface area contributed by atoms with Crippen LogP contribution in [0.1, 0.15) is 44.6 Å². The van der Waals surface area contributed by atoms with Crippen molar-refractivity contribution in [2.45, 2.75) is 51.5 Å². The summed E-state index contributed by atoms with van der Waals surface area (Å²) in [5.41, 5.74) is 7.91. The minimum Gasteiger partial charge on any atom is -0.327 e. The van der Waals surface area contributed by atoms with Crippen LogP contribution in [-0.2, 0) is 6.42 Å². The minimum absolute atomic E-state index is 0.386. The summed E-state index contributed by atoms with van der Waals surface area (Å²) in [4.78, 5) is 0. The highest BCUT2D eigenvalue weighted by Gasteiger charge is 2.28. The van der Waals surface area contributed by atoms with E-state index in [2.05, 4.69) is 49.4 Å². The number of rotatable bonds is 4. The van der Waals surface area contributed by atoms with Gasteiger partial charge in [0.05, 0.1) is 0 Å². The molecule has 21 heavy (non-hydrogen) atoms. The Hall–Kier alpha value is -1.34. The van der Waals surface area contributed by atoms with Crippen molar-refractivity contribution in [3.05, 3.63) is 48.0 Å². The summed E-state index contributed by atoms with van der Waals surface area (Å²) in [7, 11) is 0. The normalized spacial score (nSPS) is 26.1. The van der Waals surface area contributed by atoms with E-state index in [1.54, 1.807) is 0 Å². The van der Waals surface area contributed by atoms with Gasteiger partial charge >= 0.3 is 0 Å². The van der Waals surface area contributed by atoms with Gasteiger partial charge in [0.1, 0.15) is 0 Å². The van der Waals surface area contributed by atoms with Gasteiger partial charge in [0, 0.05) is 6.04 Å². The first-order valence-corrected chi connectivity index (χ1v) is 8.50. The Morgan fingerprint density at radius 2 is 1.86 bits per heavy atom. The number of hydrogen-bond acceptors (Lipinski definition) is 1. The highest BCUT2D eigenvalue weighted by atomic mass is 14.7. The maximum atomic E-state index is 6.43. The number of hydrogen-bond donors (Lipinski definition) is 1. The minimum atomic E-state index is 0.386. The molecule has 2 aromatic rings. The van der Waals surface area contributed by atoms with Crippen LogP contribution in [0.25, 0.3) is 10.8 Å². The van der Waals surface area contributed by atoms with Crippen LogP contribution in [0.2, 0.25) is 0 Å². The molecule has 1 heteroatoms. The van der Waals surface area contributed by atoms with Crippen molar-refractivity contribution in [1.82, 2.24) is 0 Å². The maximum Gasteiger partial charge on any atom is 0.00705 e. The highest BCUT2D eigenvalue weighted by molar-refractivity contribution is 5.85. The highest BCUT2D eigenvalue weighted by Crippen LogP contribution is 2.34. The van der Waals surface area contributed by atoms with E-state index in [9.17, 15) is 0 Å². The average molecular weight is 281 g/mol. The molecule has 1 fully saturated rings. The smallest absolute Gasteiger partial charge is 0.00705 e. The summed E-state index contributed by atoms with van der Waals surface area (Å²) in [5, 5.41) is 2.76. The summed E-state index contributed by atoms with van der Waals surface area (Å²) in [5.74, 6) is 1.55. The summed E-state index contributed by atoms with van der Waals surface area (Å²) in [6, 6.07) is 15.8. The molecule has 0 aliphatic heterocycles. The molecule has 0 radical (unpaired) electrons. The van der Waals surface area contributed by atoms with Gasteiger partial charge in [-0.3, -0.25) is 0 Å². The van der Waals surface area contributed by atoms with Crippen LogP contribution >= 0.6 is 0 Å². The number of nitrogens with two attached hydrogens (primary N) is 1. The zero-order valence-corrected chi connectivity index (χ0v) is 13.1. The maximum absolute atomic E-state index is 6.43. The standard InChI is InChI=1S/C20H27N/c1-2-6-15-11-12-20(21)18(13-15)14-17-9-5-8-16-7-3-4-10-19(16)17/h3-5,7-10,15,18,20H,2,6,11-14,21H2,1H3. The largest absolute Gasteiger partial charge is 0.327 e. The van der Waals surface area contributed by atoms with Crippen LogP contribution in [0.15, 0.2) is 42.5 Å². The van der Waals surface area contributed by atoms with Gasteiger partial charge < -0.3 is 5.73 Å². The third kappa shape index (κ3) is 3.29. The zero-order valence-electron chi connectivity index (χ0n) is 13.1. The van der Waals surface area contributed by atoms with E-state index < -0.39 is 0 Å². The molecule has 0 spiro atoms. The van der Waals surface area contributed by atoms with Crippen molar-refractivity contribution in [2.75, 3.05) is 0 Å². The van der Waals surface area contributed by atoms with Crippen molar-refractivity contribution in [3.8, 4) is 0 Å². The molecule has 0 saturated heterocycles. The van der Waals surface area contributed by atoms with Crippen LogP contribution in [-0.4, -0.2) is 6.04 Å². The van der Waals surface area contributed by atoms with Gasteiger partial charge in [-0.2, -0.15) is 0 Å². The quantitative estimate of drug-likeness (QED) is 0.845. The summed E-state index contributed by atoms with van der Waals surface area (Å²) >= 11 is 0. The van der Waals surface area contributed by atoms with Crippen LogP contribution in [0, 0.1) is 11.8 Å². The van der Waals surface area contributed by atoms with E-state index in [-0.39, 0.29) is 0 Å². The number of benzene rings is 2. The lowest BCUT2D eigenvalue weighted by molar-refractivity contribution is 0.221. The third-order valence-corrected chi connectivity index (χ3v) is 5.21. The Balaban J connectivity index is 1.80. The molecule has 1 nitrogen and oxygen atoms in total. The van der Waals surface area contributed by atoms with E-state index in [4.69, 9.17) is 5.73 Å². The van der Waals surface area contributed by atoms with Crippen molar-refractivity contribution in [2.24, 2.45) is 17.6 Å². The molecular formula is C20H27N. The predicted octanol–water partition coefficient (Wildman–Crippen LogP) is 4.93. The predicted molar refractivity (Wildman–Crippen MR) is 91.4 cm³/mol. The molecule has 1 aliphatic carbocycles. The Morgan fingerprint density at radius 1 is 1.05 bits per heavy atom. The third-order valence-electron chi connectivity index (χ3n) is 5.21. The summed E-state index contributed by atoms with van der Waals surface area (Å²) in [6.45, 7) is 2.30. The molecule has 1 aliphatic rings. The Labute approximate surface area is 128 Å². The summed E-state index contributed by atoms with van der Waals surface area (Å²) < 4.78 is 0. The molecule has 2 N–H and O–H groups in total. The van der Waals surface area contributed by atoms with Crippen molar-refractivity contribution in [1.29, 1.82) is 0 Å². The fourth-order valence-corrected chi connectivity index (χ4v) is 4.04. The second-order valence-corrected chi connectivity index (χ2v) is 6.73. The molecule has 0 amide bonds. The van der Waals surface area contributed by atoms with Gasteiger partial charge in [-0.1, -0.05) is 62.2 Å². The molecule has 0 aromatic heterocycles. The SMILES string of the molecule is CCCC1CCC(N)C(Cc2cccc3ccccc23)C1. The molecule has 3 atom stereocenters. The second-order valence-electron chi connectivity index (χ2n) is 6.73. The van der Waals surface area contributed by atoms with Gasteiger partial charge in [0.2, 0.25) is 0 Å². The Morgan fingerprint density at radius 3 is 2.71 bits per heavy atom. The monoisotopic (exact) mass is 281 g/mol. The van der Waals surface area contributed by atoms with Gasteiger partial charge in [0.25, 0.3) is 0 Å². The molecule has 1 saturated carbocycles. The second kappa shape index (κ2) is 6.62. The van der Waals surface area contributed by atoms with E-state index in [0.717, 1.165) is 12.3 Å². The van der Waals surface area contributed by atoms with Gasteiger partial charge in [0.15, 0.2) is 0 Å². The van der Waals surface area contributed by atoms with Crippen LogP contribution in [0.3, 0.4) is 0 Å². The molecular weight excluding hydrogens is 254 g/mol. The average Bonchev–Trinajstić information content (AvgIpc) is 2.51. The lowest BCUT2D eigenvalue weighted by atomic mass is 9.74. The zero-order chi connectivity index (χ0) is 14.7. The Bertz CT molecular complexity index is 584. The lowest BCUT2D eigenvalue weighted by Gasteiger charge is -2.34. The molecule has 3 unspecified atom stereocenters. The topological polar surface area (TPSA) is 26.0 Å². The Kier molecular flexibility index (Phi) is 4.60. The van der Waals surface area contributed by atoms with Crippen LogP contribution in [0.4, 0.5) is 0 Å². The fraction of sp³-hybridized carbons (Fsp3) is 0.500. The fourth-order valence-electron chi connectivity index (χ4n) is 4.04.